The van der Waals surface area contributed by atoms with Crippen molar-refractivity contribution >= 4 is 18.2 Å². The Hall–Kier alpha value is -1.71. The molecule has 0 saturated carbocycles. The van der Waals surface area contributed by atoms with Crippen molar-refractivity contribution < 1.29 is 9.18 Å². The molecule has 0 amide bonds. The lowest BCUT2D eigenvalue weighted by molar-refractivity contribution is 0.0939. The van der Waals surface area contributed by atoms with Gasteiger partial charge in [-0.1, -0.05) is 42.5 Å². The van der Waals surface area contributed by atoms with E-state index in [1.54, 1.807) is 12.1 Å². The first-order valence-electron chi connectivity index (χ1n) is 7.81. The zero-order valence-corrected chi connectivity index (χ0v) is 13.8. The second-order valence-electron chi connectivity index (χ2n) is 5.85. The maximum atomic E-state index is 13.4. The number of carbonyl (C=O) groups excluding carboxylic acids is 1. The standard InChI is InChI=1S/C19H20FNO.ClH/c20-17-10-6-9-16(13-17)19(22)18(14-21-11-4-5-12-21)15-7-2-1-3-8-15;/h1-3,6-10,13,18H,4-5,11-12,14H2;1H. The van der Waals surface area contributed by atoms with Gasteiger partial charge in [-0.25, -0.2) is 4.39 Å². The Labute approximate surface area is 142 Å². The second-order valence-corrected chi connectivity index (χ2v) is 5.85. The summed E-state index contributed by atoms with van der Waals surface area (Å²) in [4.78, 5) is 15.2. The molecule has 0 aliphatic carbocycles. The van der Waals surface area contributed by atoms with Crippen LogP contribution in [0.25, 0.3) is 0 Å². The largest absolute Gasteiger partial charge is 0.302 e. The number of likely N-dealkylation sites (tertiary alicyclic amines) is 1. The number of hydrogen-bond acceptors (Lipinski definition) is 2. The molecule has 1 fully saturated rings. The van der Waals surface area contributed by atoms with Crippen LogP contribution in [-0.2, 0) is 0 Å². The summed E-state index contributed by atoms with van der Waals surface area (Å²) in [5.74, 6) is -0.600. The number of hydrogen-bond donors (Lipinski definition) is 0. The predicted octanol–water partition coefficient (Wildman–Crippen LogP) is 4.31. The highest BCUT2D eigenvalue weighted by molar-refractivity contribution is 6.01. The van der Waals surface area contributed by atoms with Crippen LogP contribution in [0, 0.1) is 5.82 Å². The molecule has 4 heteroatoms. The summed E-state index contributed by atoms with van der Waals surface area (Å²) in [5.41, 5.74) is 1.46. The minimum absolute atomic E-state index is 0. The monoisotopic (exact) mass is 333 g/mol. The van der Waals surface area contributed by atoms with E-state index in [0.29, 0.717) is 12.1 Å². The molecule has 3 rings (SSSR count). The van der Waals surface area contributed by atoms with Gasteiger partial charge in [0, 0.05) is 12.1 Å². The summed E-state index contributed by atoms with van der Waals surface area (Å²) in [6.07, 6.45) is 2.38. The topological polar surface area (TPSA) is 20.3 Å². The maximum absolute atomic E-state index is 13.4. The molecule has 122 valence electrons. The van der Waals surface area contributed by atoms with Crippen LogP contribution < -0.4 is 0 Å². The Morgan fingerprint density at radius 2 is 1.74 bits per heavy atom. The molecule has 1 saturated heterocycles. The zero-order chi connectivity index (χ0) is 15.4. The molecule has 1 aliphatic heterocycles. The van der Waals surface area contributed by atoms with Crippen molar-refractivity contribution in [3.8, 4) is 0 Å². The van der Waals surface area contributed by atoms with Crippen LogP contribution in [0.1, 0.15) is 34.7 Å². The van der Waals surface area contributed by atoms with Gasteiger partial charge in [-0.2, -0.15) is 0 Å². The fraction of sp³-hybridized carbons (Fsp3) is 0.316. The normalized spacial score (nSPS) is 15.9. The van der Waals surface area contributed by atoms with Gasteiger partial charge in [-0.15, -0.1) is 12.4 Å². The van der Waals surface area contributed by atoms with Gasteiger partial charge in [0.15, 0.2) is 5.78 Å². The Balaban J connectivity index is 0.00000192. The van der Waals surface area contributed by atoms with Gasteiger partial charge >= 0.3 is 0 Å². The summed E-state index contributed by atoms with van der Waals surface area (Å²) in [5, 5.41) is 0. The van der Waals surface area contributed by atoms with Gasteiger partial charge in [0.25, 0.3) is 0 Å². The van der Waals surface area contributed by atoms with Crippen molar-refractivity contribution in [3.63, 3.8) is 0 Å². The number of Topliss-reactive ketones (excluding diaryl/α,β-unsaturated/α-hetero) is 1. The lowest BCUT2D eigenvalue weighted by atomic mass is 9.90. The predicted molar refractivity (Wildman–Crippen MR) is 92.8 cm³/mol. The number of rotatable bonds is 5. The van der Waals surface area contributed by atoms with E-state index in [0.717, 1.165) is 18.7 Å². The van der Waals surface area contributed by atoms with Crippen molar-refractivity contribution in [2.45, 2.75) is 18.8 Å². The van der Waals surface area contributed by atoms with E-state index in [4.69, 9.17) is 0 Å². The van der Waals surface area contributed by atoms with Gasteiger partial charge in [-0.05, 0) is 43.6 Å². The van der Waals surface area contributed by atoms with Crippen LogP contribution in [0.4, 0.5) is 4.39 Å². The molecule has 23 heavy (non-hydrogen) atoms. The Bertz CT molecular complexity index is 641. The lowest BCUT2D eigenvalue weighted by Crippen LogP contribution is -2.30. The SMILES string of the molecule is Cl.O=C(c1cccc(F)c1)C(CN1CCCC1)c1ccccc1. The zero-order valence-electron chi connectivity index (χ0n) is 13.0. The number of ketones is 1. The smallest absolute Gasteiger partial charge is 0.171 e. The van der Waals surface area contributed by atoms with Crippen molar-refractivity contribution in [1.29, 1.82) is 0 Å². The number of halogens is 2. The number of carbonyl (C=O) groups is 1. The third kappa shape index (κ3) is 4.40. The highest BCUT2D eigenvalue weighted by Crippen LogP contribution is 2.24. The van der Waals surface area contributed by atoms with Gasteiger partial charge in [0.05, 0.1) is 5.92 Å². The molecule has 0 aromatic heterocycles. The molecule has 1 unspecified atom stereocenters. The van der Waals surface area contributed by atoms with E-state index < -0.39 is 0 Å². The summed E-state index contributed by atoms with van der Waals surface area (Å²) < 4.78 is 13.4. The van der Waals surface area contributed by atoms with Crippen LogP contribution >= 0.6 is 12.4 Å². The third-order valence-electron chi connectivity index (χ3n) is 4.27. The first-order chi connectivity index (χ1) is 10.7. The van der Waals surface area contributed by atoms with Crippen molar-refractivity contribution in [2.75, 3.05) is 19.6 Å². The van der Waals surface area contributed by atoms with E-state index in [1.807, 2.05) is 30.3 Å². The van der Waals surface area contributed by atoms with E-state index in [9.17, 15) is 9.18 Å². The molecule has 2 aromatic rings. The van der Waals surface area contributed by atoms with Crippen LogP contribution in [0.2, 0.25) is 0 Å². The fourth-order valence-corrected chi connectivity index (χ4v) is 3.09. The average Bonchev–Trinajstić information content (AvgIpc) is 3.06. The molecule has 0 bridgehead atoms. The number of nitrogens with zero attached hydrogens (tertiary/aromatic N) is 1. The highest BCUT2D eigenvalue weighted by atomic mass is 35.5. The minimum Gasteiger partial charge on any atom is -0.302 e. The highest BCUT2D eigenvalue weighted by Gasteiger charge is 2.26. The molecule has 0 spiro atoms. The molecule has 1 aliphatic rings. The average molecular weight is 334 g/mol. The van der Waals surface area contributed by atoms with Gasteiger partial charge < -0.3 is 4.90 Å². The van der Waals surface area contributed by atoms with Crippen molar-refractivity contribution in [3.05, 3.63) is 71.5 Å². The van der Waals surface area contributed by atoms with Gasteiger partial charge in [0.1, 0.15) is 5.82 Å². The molecule has 0 N–H and O–H groups in total. The minimum atomic E-state index is -0.362. The molecule has 2 nitrogen and oxygen atoms in total. The Morgan fingerprint density at radius 1 is 1.04 bits per heavy atom. The van der Waals surface area contributed by atoms with Crippen molar-refractivity contribution in [2.24, 2.45) is 0 Å². The van der Waals surface area contributed by atoms with Crippen LogP contribution in [-0.4, -0.2) is 30.3 Å². The first-order valence-corrected chi connectivity index (χ1v) is 7.81. The summed E-state index contributed by atoms with van der Waals surface area (Å²) >= 11 is 0. The Kier molecular flexibility index (Phi) is 6.31. The van der Waals surface area contributed by atoms with Gasteiger partial charge in [-0.3, -0.25) is 4.79 Å². The fourth-order valence-electron chi connectivity index (χ4n) is 3.09. The molecule has 1 atom stereocenters. The molecular weight excluding hydrogens is 313 g/mol. The second kappa shape index (κ2) is 8.23. The van der Waals surface area contributed by atoms with Crippen LogP contribution in [0.3, 0.4) is 0 Å². The quantitative estimate of drug-likeness (QED) is 0.760. The first kappa shape index (κ1) is 17.6. The summed E-state index contributed by atoms with van der Waals surface area (Å²) in [6, 6.07) is 15.8. The molecular formula is C19H21ClFNO. The van der Waals surface area contributed by atoms with E-state index in [-0.39, 0.29) is 29.9 Å². The molecule has 0 radical (unpaired) electrons. The lowest BCUT2D eigenvalue weighted by Gasteiger charge is -2.23. The van der Waals surface area contributed by atoms with Crippen molar-refractivity contribution in [1.82, 2.24) is 4.90 Å². The van der Waals surface area contributed by atoms with E-state index >= 15 is 0 Å². The van der Waals surface area contributed by atoms with Gasteiger partial charge in [0.2, 0.25) is 0 Å². The van der Waals surface area contributed by atoms with Crippen LogP contribution in [0.5, 0.6) is 0 Å². The van der Waals surface area contributed by atoms with E-state index in [1.165, 1.54) is 25.0 Å². The summed E-state index contributed by atoms with van der Waals surface area (Å²) in [7, 11) is 0. The summed E-state index contributed by atoms with van der Waals surface area (Å²) in [6.45, 7) is 2.79. The Morgan fingerprint density at radius 3 is 2.39 bits per heavy atom. The maximum Gasteiger partial charge on any atom is 0.171 e. The number of benzene rings is 2. The van der Waals surface area contributed by atoms with Crippen LogP contribution in [0.15, 0.2) is 54.6 Å². The molecule has 2 aromatic carbocycles. The molecule has 1 heterocycles. The van der Waals surface area contributed by atoms with E-state index in [2.05, 4.69) is 4.90 Å². The third-order valence-corrected chi connectivity index (χ3v) is 4.27.